The molecule has 1 atom stereocenters. The quantitative estimate of drug-likeness (QED) is 0.613. The summed E-state index contributed by atoms with van der Waals surface area (Å²) in [5.74, 6) is 0.246. The standard InChI is InChI=1S/C9H18N2O3/c1-7(2)5-14-11-9(12)8-6-13-4-3-10-8/h7-8,10H,3-6H2,1-2H3,(H,11,12). The van der Waals surface area contributed by atoms with Crippen LogP contribution in [0, 0.1) is 5.92 Å². The fraction of sp³-hybridized carbons (Fsp3) is 0.889. The fourth-order valence-electron chi connectivity index (χ4n) is 1.08. The summed E-state index contributed by atoms with van der Waals surface area (Å²) in [5.41, 5.74) is 2.40. The van der Waals surface area contributed by atoms with Gasteiger partial charge in [-0.3, -0.25) is 9.63 Å². The molecule has 1 fully saturated rings. The molecule has 0 aromatic heterocycles. The zero-order chi connectivity index (χ0) is 10.4. The van der Waals surface area contributed by atoms with E-state index in [0.29, 0.717) is 32.3 Å². The molecule has 0 saturated carbocycles. The lowest BCUT2D eigenvalue weighted by Gasteiger charge is -2.22. The molecule has 1 amide bonds. The van der Waals surface area contributed by atoms with Gasteiger partial charge in [0.25, 0.3) is 5.91 Å². The van der Waals surface area contributed by atoms with Crippen molar-refractivity contribution in [3.63, 3.8) is 0 Å². The molecule has 2 N–H and O–H groups in total. The maximum absolute atomic E-state index is 11.4. The molecule has 1 unspecified atom stereocenters. The van der Waals surface area contributed by atoms with Gasteiger partial charge in [0.05, 0.1) is 19.8 Å². The van der Waals surface area contributed by atoms with Crippen molar-refractivity contribution in [2.24, 2.45) is 5.92 Å². The Kier molecular flexibility index (Phi) is 4.86. The molecule has 0 aliphatic carbocycles. The van der Waals surface area contributed by atoms with Crippen LogP contribution in [0.25, 0.3) is 0 Å². The second-order valence-electron chi connectivity index (χ2n) is 3.75. The van der Waals surface area contributed by atoms with Gasteiger partial charge in [0, 0.05) is 6.54 Å². The second-order valence-corrected chi connectivity index (χ2v) is 3.75. The van der Waals surface area contributed by atoms with Crippen LogP contribution in [0.1, 0.15) is 13.8 Å². The number of hydrogen-bond acceptors (Lipinski definition) is 4. The molecule has 0 radical (unpaired) electrons. The zero-order valence-corrected chi connectivity index (χ0v) is 8.71. The van der Waals surface area contributed by atoms with E-state index in [4.69, 9.17) is 9.57 Å². The molecule has 0 spiro atoms. The van der Waals surface area contributed by atoms with E-state index >= 15 is 0 Å². The summed E-state index contributed by atoms with van der Waals surface area (Å²) in [6.45, 7) is 6.36. The number of ether oxygens (including phenoxy) is 1. The van der Waals surface area contributed by atoms with Gasteiger partial charge in [0.2, 0.25) is 0 Å². The Morgan fingerprint density at radius 3 is 3.07 bits per heavy atom. The van der Waals surface area contributed by atoms with Gasteiger partial charge in [-0.25, -0.2) is 5.48 Å². The Morgan fingerprint density at radius 1 is 1.71 bits per heavy atom. The summed E-state index contributed by atoms with van der Waals surface area (Å²) >= 11 is 0. The maximum atomic E-state index is 11.4. The largest absolute Gasteiger partial charge is 0.378 e. The van der Waals surface area contributed by atoms with Crippen LogP contribution in [-0.4, -0.2) is 38.3 Å². The van der Waals surface area contributed by atoms with Crippen LogP contribution in [0.15, 0.2) is 0 Å². The highest BCUT2D eigenvalue weighted by molar-refractivity contribution is 5.80. The van der Waals surface area contributed by atoms with Crippen molar-refractivity contribution < 1.29 is 14.4 Å². The summed E-state index contributed by atoms with van der Waals surface area (Å²) in [5, 5.41) is 3.04. The smallest absolute Gasteiger partial charge is 0.263 e. The van der Waals surface area contributed by atoms with Crippen LogP contribution in [0.5, 0.6) is 0 Å². The molecule has 1 rings (SSSR count). The summed E-state index contributed by atoms with van der Waals surface area (Å²) in [7, 11) is 0. The van der Waals surface area contributed by atoms with E-state index in [1.807, 2.05) is 13.8 Å². The third-order valence-electron chi connectivity index (χ3n) is 1.83. The summed E-state index contributed by atoms with van der Waals surface area (Å²) < 4.78 is 5.15. The average molecular weight is 202 g/mol. The van der Waals surface area contributed by atoms with Crippen molar-refractivity contribution in [2.45, 2.75) is 19.9 Å². The van der Waals surface area contributed by atoms with Gasteiger partial charge in [-0.2, -0.15) is 0 Å². The van der Waals surface area contributed by atoms with E-state index in [1.165, 1.54) is 0 Å². The predicted molar refractivity (Wildman–Crippen MR) is 51.5 cm³/mol. The van der Waals surface area contributed by atoms with E-state index in [2.05, 4.69) is 10.8 Å². The van der Waals surface area contributed by atoms with E-state index < -0.39 is 0 Å². The van der Waals surface area contributed by atoms with Gasteiger partial charge in [-0.05, 0) is 5.92 Å². The van der Waals surface area contributed by atoms with Crippen LogP contribution in [0.4, 0.5) is 0 Å². The van der Waals surface area contributed by atoms with Gasteiger partial charge >= 0.3 is 0 Å². The van der Waals surface area contributed by atoms with Crippen LogP contribution in [0.3, 0.4) is 0 Å². The molecule has 1 saturated heterocycles. The van der Waals surface area contributed by atoms with Gasteiger partial charge in [0.1, 0.15) is 6.04 Å². The van der Waals surface area contributed by atoms with E-state index in [1.54, 1.807) is 0 Å². The molecule has 0 aromatic rings. The molecule has 5 heteroatoms. The Bertz CT molecular complexity index is 179. The third kappa shape index (κ3) is 4.04. The lowest BCUT2D eigenvalue weighted by molar-refractivity contribution is -0.139. The predicted octanol–water partition coefficient (Wildman–Crippen LogP) is -0.321. The molecule has 82 valence electrons. The highest BCUT2D eigenvalue weighted by Crippen LogP contribution is 1.94. The highest BCUT2D eigenvalue weighted by atomic mass is 16.7. The zero-order valence-electron chi connectivity index (χ0n) is 8.71. The average Bonchev–Trinajstić information content (AvgIpc) is 2.18. The number of rotatable bonds is 4. The lowest BCUT2D eigenvalue weighted by atomic mass is 10.2. The first kappa shape index (κ1) is 11.4. The van der Waals surface area contributed by atoms with Crippen LogP contribution in [-0.2, 0) is 14.4 Å². The molecular formula is C9H18N2O3. The normalized spacial score (nSPS) is 22.4. The lowest BCUT2D eigenvalue weighted by Crippen LogP contribution is -2.51. The Labute approximate surface area is 84.1 Å². The SMILES string of the molecule is CC(C)CONC(=O)C1COCCN1. The summed E-state index contributed by atoms with van der Waals surface area (Å²) in [6, 6.07) is -0.282. The minimum Gasteiger partial charge on any atom is -0.378 e. The third-order valence-corrected chi connectivity index (χ3v) is 1.83. The Morgan fingerprint density at radius 2 is 2.50 bits per heavy atom. The van der Waals surface area contributed by atoms with Crippen molar-refractivity contribution in [3.8, 4) is 0 Å². The molecule has 1 aliphatic rings. The van der Waals surface area contributed by atoms with Gasteiger partial charge in [-0.1, -0.05) is 13.8 Å². The van der Waals surface area contributed by atoms with Crippen LogP contribution >= 0.6 is 0 Å². The number of hydroxylamine groups is 1. The first-order chi connectivity index (χ1) is 6.70. The van der Waals surface area contributed by atoms with Crippen molar-refractivity contribution in [1.82, 2.24) is 10.8 Å². The number of morpholine rings is 1. The number of hydrogen-bond donors (Lipinski definition) is 2. The minimum absolute atomic E-state index is 0.162. The molecular weight excluding hydrogens is 184 g/mol. The van der Waals surface area contributed by atoms with Crippen LogP contribution < -0.4 is 10.8 Å². The monoisotopic (exact) mass is 202 g/mol. The van der Waals surface area contributed by atoms with E-state index in [9.17, 15) is 4.79 Å². The molecule has 0 aromatic carbocycles. The summed E-state index contributed by atoms with van der Waals surface area (Å²) in [4.78, 5) is 16.4. The molecule has 14 heavy (non-hydrogen) atoms. The topological polar surface area (TPSA) is 59.6 Å². The molecule has 5 nitrogen and oxygen atoms in total. The number of nitrogens with one attached hydrogen (secondary N) is 2. The Hall–Kier alpha value is -0.650. The van der Waals surface area contributed by atoms with E-state index in [-0.39, 0.29) is 11.9 Å². The van der Waals surface area contributed by atoms with Gasteiger partial charge in [-0.15, -0.1) is 0 Å². The fourth-order valence-corrected chi connectivity index (χ4v) is 1.08. The Balaban J connectivity index is 2.13. The minimum atomic E-state index is -0.282. The second kappa shape index (κ2) is 5.95. The first-order valence-corrected chi connectivity index (χ1v) is 4.93. The number of amides is 1. The first-order valence-electron chi connectivity index (χ1n) is 4.93. The van der Waals surface area contributed by atoms with Gasteiger partial charge in [0.15, 0.2) is 0 Å². The molecule has 1 aliphatic heterocycles. The van der Waals surface area contributed by atoms with Crippen molar-refractivity contribution >= 4 is 5.91 Å². The maximum Gasteiger partial charge on any atom is 0.263 e. The van der Waals surface area contributed by atoms with Crippen molar-refractivity contribution in [2.75, 3.05) is 26.4 Å². The molecule has 0 bridgehead atoms. The van der Waals surface area contributed by atoms with Crippen LogP contribution in [0.2, 0.25) is 0 Å². The van der Waals surface area contributed by atoms with Gasteiger partial charge < -0.3 is 10.1 Å². The number of carbonyl (C=O) groups excluding carboxylic acids is 1. The van der Waals surface area contributed by atoms with Crippen molar-refractivity contribution in [1.29, 1.82) is 0 Å². The van der Waals surface area contributed by atoms with E-state index in [0.717, 1.165) is 0 Å². The highest BCUT2D eigenvalue weighted by Gasteiger charge is 2.20. The number of carbonyl (C=O) groups is 1. The van der Waals surface area contributed by atoms with Crippen molar-refractivity contribution in [3.05, 3.63) is 0 Å². The molecule has 1 heterocycles. The summed E-state index contributed by atoms with van der Waals surface area (Å²) in [6.07, 6.45) is 0.